The van der Waals surface area contributed by atoms with Crippen LogP contribution >= 0.6 is 23.2 Å². The lowest BCUT2D eigenvalue weighted by Crippen LogP contribution is -2.00. The zero-order valence-electron chi connectivity index (χ0n) is 10.4. The van der Waals surface area contributed by atoms with Crippen LogP contribution in [0.15, 0.2) is 42.5 Å². The quantitative estimate of drug-likeness (QED) is 0.869. The summed E-state index contributed by atoms with van der Waals surface area (Å²) in [5, 5.41) is 13.5. The van der Waals surface area contributed by atoms with Gasteiger partial charge in [0.25, 0.3) is 0 Å². The largest absolute Gasteiger partial charge is 0.396 e. The summed E-state index contributed by atoms with van der Waals surface area (Å²) in [6.07, 6.45) is 0.684. The third-order valence-electron chi connectivity index (χ3n) is 2.85. The Morgan fingerprint density at radius 3 is 2.37 bits per heavy atom. The first-order valence-electron chi connectivity index (χ1n) is 6.06. The molecule has 0 aromatic heterocycles. The number of aliphatic hydroxyl groups is 1. The Bertz CT molecular complexity index is 540. The molecule has 0 unspecified atom stereocenters. The minimum Gasteiger partial charge on any atom is -0.396 e. The van der Waals surface area contributed by atoms with E-state index in [0.717, 1.165) is 16.8 Å². The maximum atomic E-state index is 8.85. The number of nitrogens with one attached hydrogen (secondary N) is 1. The molecule has 19 heavy (non-hydrogen) atoms. The van der Waals surface area contributed by atoms with Crippen LogP contribution in [0, 0.1) is 0 Å². The van der Waals surface area contributed by atoms with Gasteiger partial charge in [-0.15, -0.1) is 0 Å². The molecule has 2 aromatic carbocycles. The first-order valence-corrected chi connectivity index (χ1v) is 6.82. The summed E-state index contributed by atoms with van der Waals surface area (Å²) in [7, 11) is 0. The number of rotatable bonds is 5. The lowest BCUT2D eigenvalue weighted by molar-refractivity contribution is 0.299. The van der Waals surface area contributed by atoms with E-state index < -0.39 is 0 Å². The van der Waals surface area contributed by atoms with Crippen LogP contribution in [0.25, 0.3) is 0 Å². The van der Waals surface area contributed by atoms with E-state index in [-0.39, 0.29) is 6.61 Å². The highest BCUT2D eigenvalue weighted by molar-refractivity contribution is 6.35. The molecule has 0 saturated heterocycles. The minimum atomic E-state index is 0.174. The lowest BCUT2D eigenvalue weighted by atomic mass is 10.1. The highest BCUT2D eigenvalue weighted by Gasteiger charge is 2.01. The highest BCUT2D eigenvalue weighted by Crippen LogP contribution is 2.22. The van der Waals surface area contributed by atoms with Crippen molar-refractivity contribution in [3.8, 4) is 0 Å². The molecule has 0 amide bonds. The van der Waals surface area contributed by atoms with E-state index >= 15 is 0 Å². The van der Waals surface area contributed by atoms with Crippen molar-refractivity contribution in [1.82, 2.24) is 0 Å². The third kappa shape index (κ3) is 4.13. The van der Waals surface area contributed by atoms with E-state index in [4.69, 9.17) is 28.3 Å². The third-order valence-corrected chi connectivity index (χ3v) is 3.44. The zero-order valence-corrected chi connectivity index (χ0v) is 11.9. The second-order valence-corrected chi connectivity index (χ2v) is 5.10. The standard InChI is InChI=1S/C15H15Cl2NO/c16-13-4-3-12(15(17)9-13)10-18-14-5-1-11(2-6-14)7-8-19/h1-6,9,18-19H,7-8,10H2. The van der Waals surface area contributed by atoms with Crippen molar-refractivity contribution in [2.75, 3.05) is 11.9 Å². The fraction of sp³-hybridized carbons (Fsp3) is 0.200. The van der Waals surface area contributed by atoms with E-state index in [9.17, 15) is 0 Å². The van der Waals surface area contributed by atoms with Crippen molar-refractivity contribution in [1.29, 1.82) is 0 Å². The van der Waals surface area contributed by atoms with Gasteiger partial charge >= 0.3 is 0 Å². The van der Waals surface area contributed by atoms with Gasteiger partial charge in [0.2, 0.25) is 0 Å². The van der Waals surface area contributed by atoms with Crippen molar-refractivity contribution < 1.29 is 5.11 Å². The Morgan fingerprint density at radius 1 is 1.00 bits per heavy atom. The molecule has 100 valence electrons. The molecule has 0 bridgehead atoms. The molecule has 2 N–H and O–H groups in total. The summed E-state index contributed by atoms with van der Waals surface area (Å²) in [6, 6.07) is 13.5. The number of anilines is 1. The van der Waals surface area contributed by atoms with E-state index in [1.807, 2.05) is 36.4 Å². The molecule has 2 rings (SSSR count). The molecular formula is C15H15Cl2NO. The van der Waals surface area contributed by atoms with Gasteiger partial charge in [-0.25, -0.2) is 0 Å². The van der Waals surface area contributed by atoms with E-state index in [1.165, 1.54) is 0 Å². The molecule has 0 atom stereocenters. The predicted octanol–water partition coefficient (Wildman–Crippen LogP) is 4.14. The first kappa shape index (κ1) is 14.2. The molecule has 0 spiro atoms. The number of aliphatic hydroxyl groups excluding tert-OH is 1. The van der Waals surface area contributed by atoms with E-state index in [0.29, 0.717) is 23.0 Å². The Hall–Kier alpha value is -1.22. The van der Waals surface area contributed by atoms with Gasteiger partial charge in [-0.1, -0.05) is 41.4 Å². The van der Waals surface area contributed by atoms with Crippen LogP contribution in [0.1, 0.15) is 11.1 Å². The number of benzene rings is 2. The van der Waals surface area contributed by atoms with Gasteiger partial charge in [0, 0.05) is 28.9 Å². The Morgan fingerprint density at radius 2 is 1.74 bits per heavy atom. The molecule has 0 aliphatic heterocycles. The molecule has 0 saturated carbocycles. The van der Waals surface area contributed by atoms with Crippen molar-refractivity contribution >= 4 is 28.9 Å². The van der Waals surface area contributed by atoms with Crippen LogP contribution in [0.4, 0.5) is 5.69 Å². The predicted molar refractivity (Wildman–Crippen MR) is 81.0 cm³/mol. The topological polar surface area (TPSA) is 32.3 Å². The van der Waals surface area contributed by atoms with E-state index in [2.05, 4.69) is 5.32 Å². The van der Waals surface area contributed by atoms with Gasteiger partial charge in [0.05, 0.1) is 0 Å². The normalized spacial score (nSPS) is 10.5. The van der Waals surface area contributed by atoms with Gasteiger partial charge in [-0.05, 0) is 41.8 Å². The lowest BCUT2D eigenvalue weighted by Gasteiger charge is -2.09. The first-order chi connectivity index (χ1) is 9.19. The fourth-order valence-electron chi connectivity index (χ4n) is 1.78. The van der Waals surface area contributed by atoms with Crippen LogP contribution in [-0.4, -0.2) is 11.7 Å². The molecule has 0 aliphatic rings. The monoisotopic (exact) mass is 295 g/mol. The summed E-state index contributed by atoms with van der Waals surface area (Å²) < 4.78 is 0. The zero-order chi connectivity index (χ0) is 13.7. The maximum Gasteiger partial charge on any atom is 0.0471 e. The van der Waals surface area contributed by atoms with Gasteiger partial charge in [0.1, 0.15) is 0 Å². The summed E-state index contributed by atoms with van der Waals surface area (Å²) in [4.78, 5) is 0. The Balaban J connectivity index is 1.98. The van der Waals surface area contributed by atoms with Crippen LogP contribution < -0.4 is 5.32 Å². The van der Waals surface area contributed by atoms with Crippen molar-refractivity contribution in [3.63, 3.8) is 0 Å². The molecular weight excluding hydrogens is 281 g/mol. The molecule has 0 radical (unpaired) electrons. The SMILES string of the molecule is OCCc1ccc(NCc2ccc(Cl)cc2Cl)cc1. The molecule has 2 aromatic rings. The van der Waals surface area contributed by atoms with Gasteiger partial charge < -0.3 is 10.4 Å². The van der Waals surface area contributed by atoms with Crippen molar-refractivity contribution in [2.45, 2.75) is 13.0 Å². The average molecular weight is 296 g/mol. The summed E-state index contributed by atoms with van der Waals surface area (Å²) >= 11 is 12.0. The molecule has 4 heteroatoms. The van der Waals surface area contributed by atoms with Crippen LogP contribution in [0.2, 0.25) is 10.0 Å². The second kappa shape index (κ2) is 6.80. The smallest absolute Gasteiger partial charge is 0.0471 e. The van der Waals surface area contributed by atoms with Gasteiger partial charge in [-0.2, -0.15) is 0 Å². The van der Waals surface area contributed by atoms with Crippen molar-refractivity contribution in [2.24, 2.45) is 0 Å². The van der Waals surface area contributed by atoms with Crippen molar-refractivity contribution in [3.05, 3.63) is 63.6 Å². The molecule has 2 nitrogen and oxygen atoms in total. The summed E-state index contributed by atoms with van der Waals surface area (Å²) in [6.45, 7) is 0.822. The van der Waals surface area contributed by atoms with Crippen LogP contribution in [-0.2, 0) is 13.0 Å². The van der Waals surface area contributed by atoms with Gasteiger partial charge in [-0.3, -0.25) is 0 Å². The maximum absolute atomic E-state index is 8.85. The Labute approximate surface area is 123 Å². The van der Waals surface area contributed by atoms with Gasteiger partial charge in [0.15, 0.2) is 0 Å². The molecule has 0 heterocycles. The summed E-state index contributed by atoms with van der Waals surface area (Å²) in [5.41, 5.74) is 3.15. The number of hydrogen-bond donors (Lipinski definition) is 2. The van der Waals surface area contributed by atoms with Crippen LogP contribution in [0.3, 0.4) is 0 Å². The van der Waals surface area contributed by atoms with E-state index in [1.54, 1.807) is 6.07 Å². The second-order valence-electron chi connectivity index (χ2n) is 4.26. The number of halogens is 2. The Kier molecular flexibility index (Phi) is 5.08. The molecule has 0 fully saturated rings. The number of hydrogen-bond acceptors (Lipinski definition) is 2. The fourth-order valence-corrected chi connectivity index (χ4v) is 2.26. The molecule has 0 aliphatic carbocycles. The summed E-state index contributed by atoms with van der Waals surface area (Å²) in [5.74, 6) is 0. The van der Waals surface area contributed by atoms with Crippen LogP contribution in [0.5, 0.6) is 0 Å². The minimum absolute atomic E-state index is 0.174. The highest BCUT2D eigenvalue weighted by atomic mass is 35.5. The average Bonchev–Trinajstić information content (AvgIpc) is 2.40.